The van der Waals surface area contributed by atoms with Crippen molar-refractivity contribution in [1.29, 1.82) is 0 Å². The van der Waals surface area contributed by atoms with Gasteiger partial charge < -0.3 is 9.90 Å². The average Bonchev–Trinajstić information content (AvgIpc) is 2.46. The molecule has 4 nitrogen and oxygen atoms in total. The number of rotatable bonds is 1. The van der Waals surface area contributed by atoms with Crippen LogP contribution in [0, 0.1) is 5.82 Å². The Balaban J connectivity index is 0.000000980. The Bertz CT molecular complexity index is 483. The van der Waals surface area contributed by atoms with E-state index in [2.05, 4.69) is 4.98 Å². The van der Waals surface area contributed by atoms with Gasteiger partial charge in [0, 0.05) is 12.3 Å². The maximum atomic E-state index is 12.6. The third-order valence-corrected chi connectivity index (χ3v) is 1.68. The van der Waals surface area contributed by atoms with Gasteiger partial charge in [0.05, 0.1) is 17.9 Å². The molecule has 0 aliphatic carbocycles. The summed E-state index contributed by atoms with van der Waals surface area (Å²) in [5, 5.41) is 10.5. The molecule has 14 heavy (non-hydrogen) atoms. The van der Waals surface area contributed by atoms with E-state index in [1.54, 1.807) is 0 Å². The summed E-state index contributed by atoms with van der Waals surface area (Å²) in [6.45, 7) is 0. The van der Waals surface area contributed by atoms with Gasteiger partial charge in [-0.05, 0) is 6.07 Å². The smallest absolute Gasteiger partial charge is 0.543 e. The van der Waals surface area contributed by atoms with Crippen LogP contribution in [0.15, 0.2) is 24.5 Å². The van der Waals surface area contributed by atoms with E-state index in [4.69, 9.17) is 0 Å². The molecule has 2 heterocycles. The van der Waals surface area contributed by atoms with Crippen LogP contribution in [0.25, 0.3) is 5.65 Å². The van der Waals surface area contributed by atoms with Crippen molar-refractivity contribution in [3.8, 4) is 0 Å². The first-order valence-electron chi connectivity index (χ1n) is 3.52. The molecule has 0 saturated heterocycles. The van der Waals surface area contributed by atoms with Crippen molar-refractivity contribution in [3.63, 3.8) is 0 Å². The van der Waals surface area contributed by atoms with Crippen molar-refractivity contribution in [2.75, 3.05) is 0 Å². The summed E-state index contributed by atoms with van der Waals surface area (Å²) in [4.78, 5) is 14.2. The standard InChI is InChI=1S/C8H5FN2O2.K/c9-5-1-2-11-6(8(12)13)4-10-7(11)3-5;/h1-4H,(H,12,13);/q;+1/p-1. The monoisotopic (exact) mass is 218 g/mol. The summed E-state index contributed by atoms with van der Waals surface area (Å²) >= 11 is 0. The summed E-state index contributed by atoms with van der Waals surface area (Å²) in [5.41, 5.74) is 0.161. The first-order chi connectivity index (χ1) is 6.18. The third kappa shape index (κ3) is 2.04. The van der Waals surface area contributed by atoms with Gasteiger partial charge in [-0.2, -0.15) is 0 Å². The zero-order chi connectivity index (χ0) is 9.42. The van der Waals surface area contributed by atoms with Crippen molar-refractivity contribution in [2.45, 2.75) is 0 Å². The van der Waals surface area contributed by atoms with Gasteiger partial charge in [-0.15, -0.1) is 0 Å². The van der Waals surface area contributed by atoms with Gasteiger partial charge in [-0.25, -0.2) is 9.37 Å². The number of hydrogen-bond donors (Lipinski definition) is 0. The number of aromatic nitrogens is 2. The Kier molecular flexibility index (Phi) is 3.79. The van der Waals surface area contributed by atoms with E-state index in [0.29, 0.717) is 0 Å². The molecular weight excluding hydrogens is 214 g/mol. The molecule has 0 aliphatic heterocycles. The molecule has 0 radical (unpaired) electrons. The normalized spacial score (nSPS) is 9.79. The van der Waals surface area contributed by atoms with Crippen LogP contribution in [0.3, 0.4) is 0 Å². The van der Waals surface area contributed by atoms with Crippen LogP contribution in [0.2, 0.25) is 0 Å². The molecule has 2 aromatic rings. The predicted octanol–water partition coefficient (Wildman–Crippen LogP) is -3.16. The minimum absolute atomic E-state index is 0. The number of halogens is 1. The number of hydrogen-bond acceptors (Lipinski definition) is 3. The molecule has 66 valence electrons. The van der Waals surface area contributed by atoms with E-state index in [1.807, 2.05) is 0 Å². The second kappa shape index (κ2) is 4.50. The van der Waals surface area contributed by atoms with Crippen molar-refractivity contribution in [2.24, 2.45) is 0 Å². The zero-order valence-electron chi connectivity index (χ0n) is 7.40. The van der Waals surface area contributed by atoms with Crippen molar-refractivity contribution in [3.05, 3.63) is 36.0 Å². The molecule has 0 saturated carbocycles. The predicted molar refractivity (Wildman–Crippen MR) is 39.5 cm³/mol. The quantitative estimate of drug-likeness (QED) is 0.475. The zero-order valence-corrected chi connectivity index (χ0v) is 10.5. The molecule has 0 unspecified atom stereocenters. The summed E-state index contributed by atoms with van der Waals surface area (Å²) in [5.74, 6) is -1.79. The Morgan fingerprint density at radius 1 is 1.57 bits per heavy atom. The van der Waals surface area contributed by atoms with Crippen LogP contribution in [0.5, 0.6) is 0 Å². The summed E-state index contributed by atoms with van der Waals surface area (Å²) in [7, 11) is 0. The summed E-state index contributed by atoms with van der Waals surface area (Å²) < 4.78 is 13.9. The van der Waals surface area contributed by atoms with Crippen molar-refractivity contribution in [1.82, 2.24) is 9.38 Å². The second-order valence-corrected chi connectivity index (χ2v) is 2.50. The van der Waals surface area contributed by atoms with E-state index in [1.165, 1.54) is 10.6 Å². The fourth-order valence-corrected chi connectivity index (χ4v) is 1.11. The fourth-order valence-electron chi connectivity index (χ4n) is 1.11. The van der Waals surface area contributed by atoms with E-state index in [0.717, 1.165) is 18.3 Å². The van der Waals surface area contributed by atoms with Crippen LogP contribution < -0.4 is 56.5 Å². The van der Waals surface area contributed by atoms with Gasteiger partial charge >= 0.3 is 51.4 Å². The number of pyridine rings is 1. The van der Waals surface area contributed by atoms with Gasteiger partial charge in [0.15, 0.2) is 0 Å². The molecule has 2 rings (SSSR count). The average molecular weight is 218 g/mol. The van der Waals surface area contributed by atoms with Crippen LogP contribution in [0.4, 0.5) is 4.39 Å². The van der Waals surface area contributed by atoms with E-state index >= 15 is 0 Å². The first-order valence-corrected chi connectivity index (χ1v) is 3.52. The summed E-state index contributed by atoms with van der Waals surface area (Å²) in [6, 6.07) is 2.30. The van der Waals surface area contributed by atoms with Gasteiger partial charge in [-0.3, -0.25) is 4.40 Å². The molecule has 0 amide bonds. The molecule has 0 aliphatic rings. The topological polar surface area (TPSA) is 57.4 Å². The third-order valence-electron chi connectivity index (χ3n) is 1.68. The molecule has 0 bridgehead atoms. The minimum Gasteiger partial charge on any atom is -0.543 e. The Labute approximate surface area is 121 Å². The fraction of sp³-hybridized carbons (Fsp3) is 0. The number of carboxylic acid groups (broad SMARTS) is 1. The Hall–Kier alpha value is -0.274. The molecule has 6 heteroatoms. The molecule has 0 spiro atoms. The van der Waals surface area contributed by atoms with Crippen LogP contribution >= 0.6 is 0 Å². The number of carbonyl (C=O) groups is 1. The second-order valence-electron chi connectivity index (χ2n) is 2.50. The van der Waals surface area contributed by atoms with Crippen LogP contribution in [0.1, 0.15) is 10.5 Å². The number of nitrogens with zero attached hydrogens (tertiary/aromatic N) is 2. The van der Waals surface area contributed by atoms with Crippen LogP contribution in [-0.4, -0.2) is 15.4 Å². The van der Waals surface area contributed by atoms with E-state index in [9.17, 15) is 14.3 Å². The minimum atomic E-state index is -1.33. The maximum absolute atomic E-state index is 12.6. The van der Waals surface area contributed by atoms with E-state index in [-0.39, 0.29) is 62.7 Å². The molecule has 2 aromatic heterocycles. The number of imidazole rings is 1. The van der Waals surface area contributed by atoms with Gasteiger partial charge in [0.1, 0.15) is 11.5 Å². The summed E-state index contributed by atoms with van der Waals surface area (Å²) in [6.07, 6.45) is 2.42. The van der Waals surface area contributed by atoms with E-state index < -0.39 is 11.8 Å². The Morgan fingerprint density at radius 3 is 2.93 bits per heavy atom. The van der Waals surface area contributed by atoms with Gasteiger partial charge in [0.2, 0.25) is 0 Å². The van der Waals surface area contributed by atoms with Crippen LogP contribution in [-0.2, 0) is 0 Å². The molecule has 0 aromatic carbocycles. The molecule has 0 N–H and O–H groups in total. The number of carbonyl (C=O) groups excluding carboxylic acids is 1. The molecule has 0 atom stereocenters. The largest absolute Gasteiger partial charge is 1.00 e. The first kappa shape index (κ1) is 11.8. The van der Waals surface area contributed by atoms with Gasteiger partial charge in [-0.1, -0.05) is 0 Å². The molecule has 0 fully saturated rings. The number of fused-ring (bicyclic) bond motifs is 1. The Morgan fingerprint density at radius 2 is 2.29 bits per heavy atom. The SMILES string of the molecule is O=C([O-])c1cnc2cc(F)ccn12.[K+]. The van der Waals surface area contributed by atoms with Gasteiger partial charge in [0.25, 0.3) is 0 Å². The molecular formula is C8H4FKN2O2. The van der Waals surface area contributed by atoms with Crippen molar-refractivity contribution < 1.29 is 65.7 Å². The van der Waals surface area contributed by atoms with Crippen molar-refractivity contribution >= 4 is 11.6 Å². The number of carboxylic acids is 1. The number of aromatic carboxylic acids is 1. The maximum Gasteiger partial charge on any atom is 1.00 e.